The highest BCUT2D eigenvalue weighted by molar-refractivity contribution is 5.81. The minimum absolute atomic E-state index is 0.184. The van der Waals surface area contributed by atoms with Crippen molar-refractivity contribution in [1.29, 1.82) is 0 Å². The number of hydrogen-bond donors (Lipinski definition) is 3. The average molecular weight is 374 g/mol. The van der Waals surface area contributed by atoms with Gasteiger partial charge in [0.2, 0.25) is 5.91 Å². The molecular weight excluding hydrogens is 338 g/mol. The van der Waals surface area contributed by atoms with Crippen LogP contribution in [0.5, 0.6) is 0 Å². The fourth-order valence-corrected chi connectivity index (χ4v) is 2.82. The van der Waals surface area contributed by atoms with Gasteiger partial charge in [-0.3, -0.25) is 9.69 Å². The summed E-state index contributed by atoms with van der Waals surface area (Å²) >= 11 is 0. The molecule has 0 heterocycles. The summed E-state index contributed by atoms with van der Waals surface area (Å²) < 4.78 is 0. The molecule has 1 aliphatic carbocycles. The molecule has 0 bridgehead atoms. The van der Waals surface area contributed by atoms with Gasteiger partial charge in [-0.25, -0.2) is 4.99 Å². The van der Waals surface area contributed by atoms with E-state index >= 15 is 0 Å². The van der Waals surface area contributed by atoms with E-state index in [2.05, 4.69) is 64.0 Å². The number of hydrogen-bond acceptors (Lipinski definition) is 3. The van der Waals surface area contributed by atoms with E-state index in [1.165, 1.54) is 11.1 Å². The highest BCUT2D eigenvalue weighted by Crippen LogP contribution is 2.28. The van der Waals surface area contributed by atoms with Gasteiger partial charge < -0.3 is 16.0 Å². The van der Waals surface area contributed by atoms with Crippen molar-refractivity contribution in [3.8, 4) is 0 Å². The first kappa shape index (κ1) is 21.2. The lowest BCUT2D eigenvalue weighted by atomic mass is 10.1. The minimum atomic E-state index is 0.184. The van der Waals surface area contributed by atoms with Crippen LogP contribution in [0.15, 0.2) is 29.3 Å². The van der Waals surface area contributed by atoms with Gasteiger partial charge >= 0.3 is 0 Å². The lowest BCUT2D eigenvalue weighted by Gasteiger charge is -2.18. The zero-order valence-corrected chi connectivity index (χ0v) is 17.1. The van der Waals surface area contributed by atoms with E-state index in [-0.39, 0.29) is 11.8 Å². The van der Waals surface area contributed by atoms with Gasteiger partial charge in [-0.15, -0.1) is 0 Å². The zero-order chi connectivity index (χ0) is 19.5. The third kappa shape index (κ3) is 7.99. The molecule has 6 nitrogen and oxygen atoms in total. The number of aliphatic imine (C=N–C) groups is 1. The van der Waals surface area contributed by atoms with Crippen molar-refractivity contribution in [2.45, 2.75) is 46.7 Å². The third-order valence-corrected chi connectivity index (χ3v) is 4.75. The summed E-state index contributed by atoms with van der Waals surface area (Å²) in [6, 6.07) is 8.69. The van der Waals surface area contributed by atoms with Crippen LogP contribution < -0.4 is 16.0 Å². The normalized spacial score (nSPS) is 14.3. The maximum Gasteiger partial charge on any atom is 0.223 e. The van der Waals surface area contributed by atoms with Crippen molar-refractivity contribution < 1.29 is 4.79 Å². The Morgan fingerprint density at radius 3 is 2.22 bits per heavy atom. The Bertz CT molecular complexity index is 591. The molecular formula is C21H35N5O. The molecule has 1 aromatic rings. The van der Waals surface area contributed by atoms with Gasteiger partial charge in [0, 0.05) is 32.1 Å². The van der Waals surface area contributed by atoms with Crippen molar-refractivity contribution in [3.05, 3.63) is 35.4 Å². The molecule has 1 fully saturated rings. The summed E-state index contributed by atoms with van der Waals surface area (Å²) in [4.78, 5) is 18.7. The van der Waals surface area contributed by atoms with Gasteiger partial charge in [0.15, 0.2) is 5.96 Å². The Balaban J connectivity index is 1.77. The second kappa shape index (κ2) is 11.6. The maximum absolute atomic E-state index is 11.6. The summed E-state index contributed by atoms with van der Waals surface area (Å²) in [6.45, 7) is 12.3. The van der Waals surface area contributed by atoms with E-state index in [9.17, 15) is 4.79 Å². The standard InChI is InChI=1S/C21H35N5O/c1-4-22-21(24-14-13-23-20(27)19-11-12-19)25-15-17-7-9-18(10-8-17)16-26(5-2)6-3/h7-10,19H,4-6,11-16H2,1-3H3,(H,23,27)(H2,22,24,25). The molecule has 6 heteroatoms. The number of amides is 1. The Morgan fingerprint density at radius 1 is 1.00 bits per heavy atom. The van der Waals surface area contributed by atoms with Crippen LogP contribution in [-0.4, -0.2) is 49.5 Å². The third-order valence-electron chi connectivity index (χ3n) is 4.75. The van der Waals surface area contributed by atoms with E-state index in [0.29, 0.717) is 19.6 Å². The molecule has 2 rings (SSSR count). The number of rotatable bonds is 11. The quantitative estimate of drug-likeness (QED) is 0.316. The second-order valence-electron chi connectivity index (χ2n) is 6.97. The first-order chi connectivity index (χ1) is 13.2. The molecule has 1 saturated carbocycles. The van der Waals surface area contributed by atoms with Gasteiger partial charge in [0.1, 0.15) is 0 Å². The molecule has 0 radical (unpaired) electrons. The van der Waals surface area contributed by atoms with E-state index < -0.39 is 0 Å². The number of carbonyl (C=O) groups excluding carboxylic acids is 1. The van der Waals surface area contributed by atoms with Crippen LogP contribution in [0, 0.1) is 5.92 Å². The fraction of sp³-hybridized carbons (Fsp3) is 0.619. The molecule has 0 atom stereocenters. The minimum Gasteiger partial charge on any atom is -0.357 e. The molecule has 0 spiro atoms. The first-order valence-corrected chi connectivity index (χ1v) is 10.3. The molecule has 3 N–H and O–H groups in total. The van der Waals surface area contributed by atoms with E-state index in [0.717, 1.165) is 45.0 Å². The second-order valence-corrected chi connectivity index (χ2v) is 6.97. The Labute approximate surface area is 163 Å². The maximum atomic E-state index is 11.6. The van der Waals surface area contributed by atoms with Crippen LogP contribution in [0.3, 0.4) is 0 Å². The molecule has 0 aliphatic heterocycles. The molecule has 1 aliphatic rings. The number of benzene rings is 1. The fourth-order valence-electron chi connectivity index (χ4n) is 2.82. The van der Waals surface area contributed by atoms with Crippen LogP contribution in [-0.2, 0) is 17.9 Å². The summed E-state index contributed by atoms with van der Waals surface area (Å²) in [5.41, 5.74) is 2.53. The number of carbonyl (C=O) groups is 1. The molecule has 0 unspecified atom stereocenters. The Morgan fingerprint density at radius 2 is 1.63 bits per heavy atom. The van der Waals surface area contributed by atoms with Gasteiger partial charge in [0.25, 0.3) is 0 Å². The summed E-state index contributed by atoms with van der Waals surface area (Å²) in [5, 5.41) is 9.48. The van der Waals surface area contributed by atoms with Crippen molar-refractivity contribution in [2.24, 2.45) is 10.9 Å². The van der Waals surface area contributed by atoms with Crippen LogP contribution in [0.2, 0.25) is 0 Å². The predicted molar refractivity (Wildman–Crippen MR) is 112 cm³/mol. The monoisotopic (exact) mass is 373 g/mol. The number of guanidine groups is 1. The number of nitrogens with one attached hydrogen (secondary N) is 3. The van der Waals surface area contributed by atoms with Crippen molar-refractivity contribution >= 4 is 11.9 Å². The van der Waals surface area contributed by atoms with Crippen LogP contribution in [0.25, 0.3) is 0 Å². The summed E-state index contributed by atoms with van der Waals surface area (Å²) in [7, 11) is 0. The summed E-state index contributed by atoms with van der Waals surface area (Å²) in [6.07, 6.45) is 2.08. The van der Waals surface area contributed by atoms with E-state index in [1.54, 1.807) is 0 Å². The molecule has 1 aromatic carbocycles. The lowest BCUT2D eigenvalue weighted by molar-refractivity contribution is -0.122. The first-order valence-electron chi connectivity index (χ1n) is 10.3. The van der Waals surface area contributed by atoms with Gasteiger partial charge in [-0.2, -0.15) is 0 Å². The molecule has 0 aromatic heterocycles. The largest absolute Gasteiger partial charge is 0.357 e. The molecule has 0 saturated heterocycles. The SMILES string of the molecule is CCNC(=NCc1ccc(CN(CC)CC)cc1)NCCNC(=O)C1CC1. The lowest BCUT2D eigenvalue weighted by Crippen LogP contribution is -2.41. The zero-order valence-electron chi connectivity index (χ0n) is 17.1. The van der Waals surface area contributed by atoms with Crippen molar-refractivity contribution in [3.63, 3.8) is 0 Å². The molecule has 27 heavy (non-hydrogen) atoms. The van der Waals surface area contributed by atoms with Gasteiger partial charge in [-0.1, -0.05) is 38.1 Å². The smallest absolute Gasteiger partial charge is 0.223 e. The van der Waals surface area contributed by atoms with Crippen LogP contribution in [0.4, 0.5) is 0 Å². The van der Waals surface area contributed by atoms with Crippen LogP contribution in [0.1, 0.15) is 44.7 Å². The van der Waals surface area contributed by atoms with E-state index in [4.69, 9.17) is 0 Å². The predicted octanol–water partition coefficient (Wildman–Crippen LogP) is 2.11. The highest BCUT2D eigenvalue weighted by atomic mass is 16.2. The Kier molecular flexibility index (Phi) is 9.11. The topological polar surface area (TPSA) is 68.8 Å². The van der Waals surface area contributed by atoms with Crippen LogP contribution >= 0.6 is 0 Å². The van der Waals surface area contributed by atoms with Crippen molar-refractivity contribution in [1.82, 2.24) is 20.9 Å². The highest BCUT2D eigenvalue weighted by Gasteiger charge is 2.28. The van der Waals surface area contributed by atoms with E-state index in [1.807, 2.05) is 6.92 Å². The average Bonchev–Trinajstić information content (AvgIpc) is 3.53. The van der Waals surface area contributed by atoms with Crippen molar-refractivity contribution in [2.75, 3.05) is 32.7 Å². The van der Waals surface area contributed by atoms with Gasteiger partial charge in [-0.05, 0) is 44.0 Å². The Hall–Kier alpha value is -2.08. The van der Waals surface area contributed by atoms with Gasteiger partial charge in [0.05, 0.1) is 6.54 Å². The summed E-state index contributed by atoms with van der Waals surface area (Å²) in [5.74, 6) is 1.23. The molecule has 1 amide bonds. The number of nitrogens with zero attached hydrogens (tertiary/aromatic N) is 2. The molecule has 150 valence electrons.